The predicted octanol–water partition coefficient (Wildman–Crippen LogP) is 3.03. The summed E-state index contributed by atoms with van der Waals surface area (Å²) in [4.78, 5) is 8.70. The van der Waals surface area contributed by atoms with Crippen molar-refractivity contribution in [2.24, 2.45) is 0 Å². The van der Waals surface area contributed by atoms with E-state index in [9.17, 15) is 0 Å². The van der Waals surface area contributed by atoms with Crippen LogP contribution >= 0.6 is 11.6 Å². The van der Waals surface area contributed by atoms with E-state index in [1.165, 1.54) is 0 Å². The summed E-state index contributed by atoms with van der Waals surface area (Å²) in [5.74, 6) is 0.577. The number of ether oxygens (including phenoxy) is 1. The lowest BCUT2D eigenvalue weighted by Crippen LogP contribution is -2.04. The first kappa shape index (κ1) is 14.0. The van der Waals surface area contributed by atoms with Gasteiger partial charge in [-0.3, -0.25) is 4.68 Å². The predicted molar refractivity (Wildman–Crippen MR) is 74.1 cm³/mol. The van der Waals surface area contributed by atoms with E-state index in [1.807, 2.05) is 31.6 Å². The van der Waals surface area contributed by atoms with Gasteiger partial charge < -0.3 is 4.74 Å². The lowest BCUT2D eigenvalue weighted by Gasteiger charge is -2.09. The zero-order valence-electron chi connectivity index (χ0n) is 11.5. The monoisotopic (exact) mass is 280 g/mol. The highest BCUT2D eigenvalue weighted by atomic mass is 35.5. The van der Waals surface area contributed by atoms with Gasteiger partial charge in [-0.05, 0) is 20.8 Å². The summed E-state index contributed by atoms with van der Waals surface area (Å²) in [7, 11) is 1.62. The van der Waals surface area contributed by atoms with Crippen molar-refractivity contribution in [3.8, 4) is 11.3 Å². The molecule has 6 heteroatoms. The first-order valence-corrected chi connectivity index (χ1v) is 6.54. The van der Waals surface area contributed by atoms with Crippen LogP contribution in [0.3, 0.4) is 0 Å². The van der Waals surface area contributed by atoms with Crippen molar-refractivity contribution in [3.05, 3.63) is 28.9 Å². The van der Waals surface area contributed by atoms with Crippen LogP contribution in [0, 0.1) is 6.92 Å². The Kier molecular flexibility index (Phi) is 4.17. The summed E-state index contributed by atoms with van der Waals surface area (Å²) in [6.07, 6.45) is 1.77. The number of methoxy groups -OCH3 is 1. The van der Waals surface area contributed by atoms with Gasteiger partial charge in [0.15, 0.2) is 5.82 Å². The van der Waals surface area contributed by atoms with Crippen LogP contribution in [-0.4, -0.2) is 26.9 Å². The molecule has 0 aliphatic heterocycles. The summed E-state index contributed by atoms with van der Waals surface area (Å²) in [6, 6.07) is 1.75. The Morgan fingerprint density at radius 2 is 2.16 bits per heavy atom. The van der Waals surface area contributed by atoms with Crippen molar-refractivity contribution in [2.75, 3.05) is 7.11 Å². The van der Waals surface area contributed by atoms with E-state index in [4.69, 9.17) is 16.3 Å². The lowest BCUT2D eigenvalue weighted by molar-refractivity contribution is 0.112. The molecule has 0 aromatic carbocycles. The molecule has 0 saturated heterocycles. The molecule has 0 amide bonds. The number of nitrogens with zero attached hydrogens (tertiary/aromatic N) is 4. The fourth-order valence-electron chi connectivity index (χ4n) is 1.79. The van der Waals surface area contributed by atoms with E-state index in [2.05, 4.69) is 15.1 Å². The largest absolute Gasteiger partial charge is 0.374 e. The molecule has 0 saturated carbocycles. The fraction of sp³-hybridized carbons (Fsp3) is 0.462. The molecule has 0 N–H and O–H groups in total. The van der Waals surface area contributed by atoms with Gasteiger partial charge in [0.25, 0.3) is 0 Å². The molecular formula is C13H17ClN4O. The van der Waals surface area contributed by atoms with Crippen molar-refractivity contribution >= 4 is 11.6 Å². The number of halogens is 1. The van der Waals surface area contributed by atoms with Gasteiger partial charge in [0.1, 0.15) is 11.3 Å². The maximum atomic E-state index is 6.06. The number of hydrogen-bond acceptors (Lipinski definition) is 4. The second kappa shape index (κ2) is 5.67. The highest BCUT2D eigenvalue weighted by molar-refractivity contribution is 6.29. The van der Waals surface area contributed by atoms with Crippen molar-refractivity contribution in [3.63, 3.8) is 0 Å². The van der Waals surface area contributed by atoms with Crippen LogP contribution in [0.1, 0.15) is 31.5 Å². The molecule has 2 heterocycles. The normalized spacial score (nSPS) is 12.7. The second-order valence-corrected chi connectivity index (χ2v) is 4.68. The third-order valence-electron chi connectivity index (χ3n) is 2.98. The summed E-state index contributed by atoms with van der Waals surface area (Å²) in [5.41, 5.74) is 2.67. The smallest absolute Gasteiger partial charge is 0.159 e. The van der Waals surface area contributed by atoms with E-state index < -0.39 is 0 Å². The number of hydrogen-bond donors (Lipinski definition) is 0. The maximum absolute atomic E-state index is 6.06. The van der Waals surface area contributed by atoms with Gasteiger partial charge >= 0.3 is 0 Å². The molecule has 1 unspecified atom stereocenters. The molecule has 0 bridgehead atoms. The van der Waals surface area contributed by atoms with E-state index in [-0.39, 0.29) is 6.10 Å². The van der Waals surface area contributed by atoms with Gasteiger partial charge in [0.2, 0.25) is 0 Å². The Bertz CT molecular complexity index is 582. The maximum Gasteiger partial charge on any atom is 0.159 e. The fourth-order valence-corrected chi connectivity index (χ4v) is 1.98. The molecule has 2 aromatic heterocycles. The van der Waals surface area contributed by atoms with E-state index in [0.717, 1.165) is 23.5 Å². The van der Waals surface area contributed by atoms with Crippen LogP contribution in [0.2, 0.25) is 5.15 Å². The Hall–Kier alpha value is -1.46. The Labute approximate surface area is 117 Å². The first-order valence-electron chi connectivity index (χ1n) is 6.16. The first-order chi connectivity index (χ1) is 9.05. The topological polar surface area (TPSA) is 52.8 Å². The lowest BCUT2D eigenvalue weighted by atomic mass is 10.2. The van der Waals surface area contributed by atoms with Crippen LogP contribution in [-0.2, 0) is 11.3 Å². The molecule has 0 fully saturated rings. The third-order valence-corrected chi connectivity index (χ3v) is 3.17. The summed E-state index contributed by atoms with van der Waals surface area (Å²) >= 11 is 6.06. The average molecular weight is 281 g/mol. The number of rotatable bonds is 4. The summed E-state index contributed by atoms with van der Waals surface area (Å²) in [5, 5.41) is 4.82. The minimum Gasteiger partial charge on any atom is -0.374 e. The molecule has 2 rings (SSSR count). The molecule has 19 heavy (non-hydrogen) atoms. The molecule has 5 nitrogen and oxygen atoms in total. The highest BCUT2D eigenvalue weighted by Gasteiger charge is 2.14. The van der Waals surface area contributed by atoms with Crippen molar-refractivity contribution < 1.29 is 4.74 Å². The number of aromatic nitrogens is 4. The van der Waals surface area contributed by atoms with Crippen LogP contribution in [0.15, 0.2) is 12.3 Å². The quantitative estimate of drug-likeness (QED) is 0.808. The highest BCUT2D eigenvalue weighted by Crippen LogP contribution is 2.25. The zero-order chi connectivity index (χ0) is 14.0. The molecule has 1 atom stereocenters. The van der Waals surface area contributed by atoms with Crippen molar-refractivity contribution in [1.82, 2.24) is 19.7 Å². The minimum absolute atomic E-state index is 0.195. The molecule has 0 aliphatic carbocycles. The molecule has 102 valence electrons. The van der Waals surface area contributed by atoms with E-state index >= 15 is 0 Å². The molecule has 0 spiro atoms. The minimum atomic E-state index is -0.195. The molecule has 0 aliphatic rings. The SMILES string of the molecule is CCn1cc(-c2cc(Cl)nc(C(C)OC)n2)c(C)n1. The number of aryl methyl sites for hydroxylation is 2. The molecular weight excluding hydrogens is 264 g/mol. The van der Waals surface area contributed by atoms with Gasteiger partial charge in [0, 0.05) is 31.5 Å². The Morgan fingerprint density at radius 1 is 1.42 bits per heavy atom. The third kappa shape index (κ3) is 2.93. The van der Waals surface area contributed by atoms with E-state index in [0.29, 0.717) is 11.0 Å². The second-order valence-electron chi connectivity index (χ2n) is 4.30. The van der Waals surface area contributed by atoms with Gasteiger partial charge in [-0.2, -0.15) is 5.10 Å². The van der Waals surface area contributed by atoms with Crippen molar-refractivity contribution in [1.29, 1.82) is 0 Å². The Morgan fingerprint density at radius 3 is 2.74 bits per heavy atom. The average Bonchev–Trinajstić information content (AvgIpc) is 2.78. The van der Waals surface area contributed by atoms with Crippen LogP contribution in [0.4, 0.5) is 0 Å². The zero-order valence-corrected chi connectivity index (χ0v) is 12.3. The van der Waals surface area contributed by atoms with Gasteiger partial charge in [-0.15, -0.1) is 0 Å². The van der Waals surface area contributed by atoms with Gasteiger partial charge in [0.05, 0.1) is 11.4 Å². The summed E-state index contributed by atoms with van der Waals surface area (Å²) in [6.45, 7) is 6.71. The molecule has 2 aromatic rings. The van der Waals surface area contributed by atoms with Gasteiger partial charge in [-0.25, -0.2) is 9.97 Å². The summed E-state index contributed by atoms with van der Waals surface area (Å²) < 4.78 is 7.11. The standard InChI is InChI=1S/C13H17ClN4O/c1-5-18-7-10(8(2)17-18)11-6-12(14)16-13(15-11)9(3)19-4/h6-7,9H,5H2,1-4H3. The van der Waals surface area contributed by atoms with Crippen LogP contribution in [0.25, 0.3) is 11.3 Å². The van der Waals surface area contributed by atoms with Gasteiger partial charge in [-0.1, -0.05) is 11.6 Å². The molecule has 0 radical (unpaired) electrons. The Balaban J connectivity index is 2.49. The van der Waals surface area contributed by atoms with Crippen molar-refractivity contribution in [2.45, 2.75) is 33.4 Å². The van der Waals surface area contributed by atoms with Crippen LogP contribution < -0.4 is 0 Å². The van der Waals surface area contributed by atoms with Crippen LogP contribution in [0.5, 0.6) is 0 Å². The van der Waals surface area contributed by atoms with E-state index in [1.54, 1.807) is 13.2 Å².